The zero-order chi connectivity index (χ0) is 15.4. The molecule has 0 amide bonds. The zero-order valence-electron chi connectivity index (χ0n) is 11.8. The Hall–Kier alpha value is -1.08. The lowest BCUT2D eigenvalue weighted by molar-refractivity contribution is 0.182. The molecular formula is C14H17BrClN3O2. The minimum Gasteiger partial charge on any atom is -0.496 e. The van der Waals surface area contributed by atoms with Gasteiger partial charge in [-0.25, -0.2) is 0 Å². The van der Waals surface area contributed by atoms with Crippen LogP contribution in [0.25, 0.3) is 0 Å². The topological polar surface area (TPSA) is 62.3 Å². The van der Waals surface area contributed by atoms with Gasteiger partial charge in [-0.1, -0.05) is 33.6 Å². The SMILES string of the molecule is COCCn1ncc(Cl)c1C(N)c1ccc(Br)cc1OC. The van der Waals surface area contributed by atoms with E-state index < -0.39 is 6.04 Å². The van der Waals surface area contributed by atoms with Gasteiger partial charge in [-0.05, 0) is 12.1 Å². The van der Waals surface area contributed by atoms with Gasteiger partial charge in [0.2, 0.25) is 0 Å². The quantitative estimate of drug-likeness (QED) is 0.844. The third kappa shape index (κ3) is 3.58. The standard InChI is InChI=1S/C14H17BrClN3O2/c1-20-6-5-19-14(11(16)8-18-19)13(17)10-4-3-9(15)7-12(10)21-2/h3-4,7-8,13H,5-6,17H2,1-2H3. The van der Waals surface area contributed by atoms with Gasteiger partial charge in [-0.15, -0.1) is 0 Å². The molecule has 0 bridgehead atoms. The van der Waals surface area contributed by atoms with Gasteiger partial charge in [0.1, 0.15) is 5.75 Å². The van der Waals surface area contributed by atoms with Crippen LogP contribution in [-0.2, 0) is 11.3 Å². The highest BCUT2D eigenvalue weighted by molar-refractivity contribution is 9.10. The van der Waals surface area contributed by atoms with Crippen LogP contribution in [0, 0.1) is 0 Å². The Bertz CT molecular complexity index is 618. The van der Waals surface area contributed by atoms with Gasteiger partial charge in [0, 0.05) is 17.1 Å². The zero-order valence-corrected chi connectivity index (χ0v) is 14.2. The van der Waals surface area contributed by atoms with E-state index in [4.69, 9.17) is 26.8 Å². The summed E-state index contributed by atoms with van der Waals surface area (Å²) in [5.41, 5.74) is 7.97. The maximum Gasteiger partial charge on any atom is 0.125 e. The largest absolute Gasteiger partial charge is 0.496 e. The fraction of sp³-hybridized carbons (Fsp3) is 0.357. The molecule has 1 heterocycles. The fourth-order valence-electron chi connectivity index (χ4n) is 2.13. The molecule has 2 N–H and O–H groups in total. The van der Waals surface area contributed by atoms with Crippen molar-refractivity contribution < 1.29 is 9.47 Å². The van der Waals surface area contributed by atoms with Crippen molar-refractivity contribution in [3.8, 4) is 5.75 Å². The van der Waals surface area contributed by atoms with Crippen molar-refractivity contribution in [2.75, 3.05) is 20.8 Å². The maximum absolute atomic E-state index is 6.38. The minimum atomic E-state index is -0.431. The summed E-state index contributed by atoms with van der Waals surface area (Å²) >= 11 is 9.66. The van der Waals surface area contributed by atoms with Crippen LogP contribution in [-0.4, -0.2) is 30.6 Å². The highest BCUT2D eigenvalue weighted by Crippen LogP contribution is 2.33. The van der Waals surface area contributed by atoms with Crippen LogP contribution in [0.1, 0.15) is 17.3 Å². The molecule has 0 aliphatic heterocycles. The van der Waals surface area contributed by atoms with Gasteiger partial charge < -0.3 is 15.2 Å². The summed E-state index contributed by atoms with van der Waals surface area (Å²) < 4.78 is 13.2. The van der Waals surface area contributed by atoms with E-state index in [1.807, 2.05) is 18.2 Å². The molecule has 0 saturated carbocycles. The Kier molecular flexibility index (Phi) is 5.64. The monoisotopic (exact) mass is 373 g/mol. The summed E-state index contributed by atoms with van der Waals surface area (Å²) in [5, 5.41) is 4.78. The number of halogens is 2. The van der Waals surface area contributed by atoms with E-state index in [1.54, 1.807) is 25.1 Å². The Labute approximate surface area is 137 Å². The fourth-order valence-corrected chi connectivity index (χ4v) is 2.73. The molecule has 1 atom stereocenters. The Balaban J connectivity index is 2.40. The first-order chi connectivity index (χ1) is 10.1. The number of nitrogens with two attached hydrogens (primary N) is 1. The minimum absolute atomic E-state index is 0.431. The van der Waals surface area contributed by atoms with Gasteiger partial charge >= 0.3 is 0 Å². The summed E-state index contributed by atoms with van der Waals surface area (Å²) in [6.07, 6.45) is 1.59. The molecule has 2 rings (SSSR count). The molecule has 0 fully saturated rings. The first-order valence-corrected chi connectivity index (χ1v) is 7.54. The van der Waals surface area contributed by atoms with E-state index in [9.17, 15) is 0 Å². The summed E-state index contributed by atoms with van der Waals surface area (Å²) in [6.45, 7) is 1.13. The Morgan fingerprint density at radius 3 is 2.86 bits per heavy atom. The van der Waals surface area contributed by atoms with Gasteiger partial charge in [0.15, 0.2) is 0 Å². The van der Waals surface area contributed by atoms with E-state index >= 15 is 0 Å². The van der Waals surface area contributed by atoms with Gasteiger partial charge in [0.25, 0.3) is 0 Å². The molecule has 114 valence electrons. The molecule has 2 aromatic rings. The molecular weight excluding hydrogens is 358 g/mol. The molecule has 5 nitrogen and oxygen atoms in total. The number of rotatable bonds is 6. The predicted octanol–water partition coefficient (Wildman–Crippen LogP) is 3.00. The number of hydrogen-bond acceptors (Lipinski definition) is 4. The van der Waals surface area contributed by atoms with Crippen molar-refractivity contribution in [2.24, 2.45) is 5.73 Å². The highest BCUT2D eigenvalue weighted by atomic mass is 79.9. The van der Waals surface area contributed by atoms with Crippen molar-refractivity contribution in [1.82, 2.24) is 9.78 Å². The van der Waals surface area contributed by atoms with Gasteiger partial charge in [-0.2, -0.15) is 5.10 Å². The molecule has 1 aromatic heterocycles. The number of benzene rings is 1. The summed E-state index contributed by atoms with van der Waals surface area (Å²) in [5.74, 6) is 0.701. The highest BCUT2D eigenvalue weighted by Gasteiger charge is 2.21. The average molecular weight is 375 g/mol. The van der Waals surface area contributed by atoms with E-state index in [2.05, 4.69) is 21.0 Å². The second-order valence-corrected chi connectivity index (χ2v) is 5.78. The smallest absolute Gasteiger partial charge is 0.125 e. The lowest BCUT2D eigenvalue weighted by Crippen LogP contribution is -2.20. The second-order valence-electron chi connectivity index (χ2n) is 4.46. The lowest BCUT2D eigenvalue weighted by Gasteiger charge is -2.18. The number of aromatic nitrogens is 2. The normalized spacial score (nSPS) is 12.4. The first kappa shape index (κ1) is 16.3. The van der Waals surface area contributed by atoms with Gasteiger partial charge in [-0.3, -0.25) is 4.68 Å². The first-order valence-electron chi connectivity index (χ1n) is 6.37. The summed E-state index contributed by atoms with van der Waals surface area (Å²) in [6, 6.07) is 5.28. The molecule has 0 spiro atoms. The second kappa shape index (κ2) is 7.26. The number of hydrogen-bond donors (Lipinski definition) is 1. The van der Waals surface area contributed by atoms with Crippen molar-refractivity contribution in [1.29, 1.82) is 0 Å². The Morgan fingerprint density at radius 2 is 2.19 bits per heavy atom. The molecule has 1 unspecified atom stereocenters. The van der Waals surface area contributed by atoms with Crippen molar-refractivity contribution in [2.45, 2.75) is 12.6 Å². The van der Waals surface area contributed by atoms with Gasteiger partial charge in [0.05, 0.1) is 43.2 Å². The van der Waals surface area contributed by atoms with Crippen molar-refractivity contribution in [3.63, 3.8) is 0 Å². The van der Waals surface area contributed by atoms with Crippen LogP contribution in [0.4, 0.5) is 0 Å². The molecule has 0 aliphatic rings. The summed E-state index contributed by atoms with van der Waals surface area (Å²) in [4.78, 5) is 0. The molecule has 7 heteroatoms. The maximum atomic E-state index is 6.38. The summed E-state index contributed by atoms with van der Waals surface area (Å²) in [7, 11) is 3.25. The number of nitrogens with zero attached hydrogens (tertiary/aromatic N) is 2. The lowest BCUT2D eigenvalue weighted by atomic mass is 10.0. The van der Waals surface area contributed by atoms with E-state index in [-0.39, 0.29) is 0 Å². The van der Waals surface area contributed by atoms with E-state index in [0.717, 1.165) is 15.7 Å². The van der Waals surface area contributed by atoms with Crippen LogP contribution >= 0.6 is 27.5 Å². The average Bonchev–Trinajstić information content (AvgIpc) is 2.85. The van der Waals surface area contributed by atoms with Crippen LogP contribution in [0.2, 0.25) is 5.02 Å². The molecule has 21 heavy (non-hydrogen) atoms. The number of methoxy groups -OCH3 is 2. The van der Waals surface area contributed by atoms with Crippen LogP contribution in [0.15, 0.2) is 28.9 Å². The Morgan fingerprint density at radius 1 is 1.43 bits per heavy atom. The molecule has 0 radical (unpaired) electrons. The van der Waals surface area contributed by atoms with E-state index in [1.165, 1.54) is 0 Å². The predicted molar refractivity (Wildman–Crippen MR) is 85.8 cm³/mol. The third-order valence-electron chi connectivity index (χ3n) is 3.17. The number of ether oxygens (including phenoxy) is 2. The molecule has 1 aromatic carbocycles. The van der Waals surface area contributed by atoms with Crippen molar-refractivity contribution >= 4 is 27.5 Å². The van der Waals surface area contributed by atoms with Crippen LogP contribution < -0.4 is 10.5 Å². The van der Waals surface area contributed by atoms with E-state index in [0.29, 0.717) is 23.9 Å². The molecule has 0 saturated heterocycles. The molecule has 0 aliphatic carbocycles. The van der Waals surface area contributed by atoms with Crippen LogP contribution in [0.5, 0.6) is 5.75 Å². The van der Waals surface area contributed by atoms with Crippen LogP contribution in [0.3, 0.4) is 0 Å². The van der Waals surface area contributed by atoms with Crippen molar-refractivity contribution in [3.05, 3.63) is 45.1 Å². The third-order valence-corrected chi connectivity index (χ3v) is 3.95.